The molecule has 2 aromatic heterocycles. The van der Waals surface area contributed by atoms with Crippen LogP contribution in [0.1, 0.15) is 77.3 Å². The van der Waals surface area contributed by atoms with E-state index in [0.29, 0.717) is 22.6 Å². The zero-order chi connectivity index (χ0) is 23.9. The van der Waals surface area contributed by atoms with Gasteiger partial charge in [-0.1, -0.05) is 12.1 Å². The quantitative estimate of drug-likeness (QED) is 0.533. The Kier molecular flexibility index (Phi) is 5.95. The number of carbonyl (C=O) groups is 1. The standard InChI is InChI=1S/C25H27F2N3O3/c1-14-12-19(16(3)28-20-7-5-4-6-18(20)24(32)33)22-29-21(15(2)23(31)30(22)13-14)17-8-10-25(26,27)11-9-17/h4-7,12-13,16-17,28H,8-11H2,1-3H3,(H,32,33)/t16-/m1/s1. The van der Waals surface area contributed by atoms with E-state index in [-0.39, 0.29) is 48.8 Å². The van der Waals surface area contributed by atoms with Crippen molar-refractivity contribution >= 4 is 17.3 Å². The van der Waals surface area contributed by atoms with Gasteiger partial charge in [-0.25, -0.2) is 18.6 Å². The van der Waals surface area contributed by atoms with Gasteiger partial charge < -0.3 is 10.4 Å². The van der Waals surface area contributed by atoms with Gasteiger partial charge in [0.15, 0.2) is 0 Å². The van der Waals surface area contributed by atoms with Crippen LogP contribution in [0.5, 0.6) is 0 Å². The van der Waals surface area contributed by atoms with Gasteiger partial charge in [-0.3, -0.25) is 9.20 Å². The van der Waals surface area contributed by atoms with Crippen molar-refractivity contribution in [2.75, 3.05) is 5.32 Å². The molecule has 0 unspecified atom stereocenters. The molecule has 174 valence electrons. The first-order chi connectivity index (χ1) is 15.6. The number of hydrogen-bond acceptors (Lipinski definition) is 4. The molecule has 1 fully saturated rings. The zero-order valence-corrected chi connectivity index (χ0v) is 18.9. The van der Waals surface area contributed by atoms with Crippen LogP contribution in [0.25, 0.3) is 5.65 Å². The number of alkyl halides is 2. The summed E-state index contributed by atoms with van der Waals surface area (Å²) in [4.78, 5) is 29.7. The van der Waals surface area contributed by atoms with Crippen LogP contribution >= 0.6 is 0 Å². The van der Waals surface area contributed by atoms with Crippen molar-refractivity contribution < 1.29 is 18.7 Å². The maximum absolute atomic E-state index is 13.7. The molecule has 0 saturated heterocycles. The molecule has 0 bridgehead atoms. The van der Waals surface area contributed by atoms with Crippen LogP contribution in [0.4, 0.5) is 14.5 Å². The Morgan fingerprint density at radius 2 is 1.91 bits per heavy atom. The normalized spacial score (nSPS) is 17.1. The van der Waals surface area contributed by atoms with E-state index in [0.717, 1.165) is 11.1 Å². The summed E-state index contributed by atoms with van der Waals surface area (Å²) in [5, 5.41) is 12.7. The van der Waals surface area contributed by atoms with Gasteiger partial charge in [0.25, 0.3) is 5.56 Å². The van der Waals surface area contributed by atoms with Crippen molar-refractivity contribution in [1.29, 1.82) is 0 Å². The number of benzene rings is 1. The summed E-state index contributed by atoms with van der Waals surface area (Å²) in [5.74, 6) is -3.89. The first-order valence-corrected chi connectivity index (χ1v) is 11.1. The number of para-hydroxylation sites is 1. The monoisotopic (exact) mass is 455 g/mol. The highest BCUT2D eigenvalue weighted by atomic mass is 19.3. The summed E-state index contributed by atoms with van der Waals surface area (Å²) in [5.41, 5.74) is 3.50. The molecule has 1 atom stereocenters. The summed E-state index contributed by atoms with van der Waals surface area (Å²) in [6.45, 7) is 5.46. The number of aryl methyl sites for hydroxylation is 1. The van der Waals surface area contributed by atoms with E-state index in [4.69, 9.17) is 4.98 Å². The second-order valence-corrected chi connectivity index (χ2v) is 8.94. The summed E-state index contributed by atoms with van der Waals surface area (Å²) < 4.78 is 28.9. The second-order valence-electron chi connectivity index (χ2n) is 8.94. The average Bonchev–Trinajstić information content (AvgIpc) is 2.76. The van der Waals surface area contributed by atoms with Crippen molar-refractivity contribution in [3.8, 4) is 0 Å². The number of carboxylic acids is 1. The molecule has 6 nitrogen and oxygen atoms in total. The first kappa shape index (κ1) is 22.9. The van der Waals surface area contributed by atoms with E-state index < -0.39 is 11.9 Å². The molecule has 1 aliphatic rings. The molecular formula is C25H27F2N3O3. The van der Waals surface area contributed by atoms with Crippen LogP contribution in [-0.4, -0.2) is 26.4 Å². The third-order valence-electron chi connectivity index (χ3n) is 6.45. The van der Waals surface area contributed by atoms with Crippen molar-refractivity contribution in [1.82, 2.24) is 9.38 Å². The number of carboxylic acid groups (broad SMARTS) is 1. The number of aromatic carboxylic acids is 1. The summed E-state index contributed by atoms with van der Waals surface area (Å²) in [7, 11) is 0. The van der Waals surface area contributed by atoms with E-state index in [1.165, 1.54) is 10.5 Å². The maximum Gasteiger partial charge on any atom is 0.337 e. The van der Waals surface area contributed by atoms with E-state index >= 15 is 0 Å². The van der Waals surface area contributed by atoms with Gasteiger partial charge in [0.1, 0.15) is 5.65 Å². The van der Waals surface area contributed by atoms with Gasteiger partial charge in [0.05, 0.1) is 17.3 Å². The van der Waals surface area contributed by atoms with Crippen LogP contribution in [0, 0.1) is 13.8 Å². The van der Waals surface area contributed by atoms with Gasteiger partial charge in [-0.15, -0.1) is 0 Å². The fourth-order valence-corrected chi connectivity index (χ4v) is 4.65. The number of nitrogens with one attached hydrogen (secondary N) is 1. The lowest BCUT2D eigenvalue weighted by Crippen LogP contribution is -2.28. The largest absolute Gasteiger partial charge is 0.478 e. The lowest BCUT2D eigenvalue weighted by molar-refractivity contribution is -0.0385. The number of anilines is 1. The van der Waals surface area contributed by atoms with Gasteiger partial charge in [0, 0.05) is 41.8 Å². The Morgan fingerprint density at radius 1 is 1.24 bits per heavy atom. The van der Waals surface area contributed by atoms with E-state index in [2.05, 4.69) is 5.32 Å². The number of pyridine rings is 1. The SMILES string of the molecule is Cc1cc([C@@H](C)Nc2ccccc2C(=O)O)c2nc(C3CCC(F)(F)CC3)c(C)c(=O)n2c1. The van der Waals surface area contributed by atoms with Gasteiger partial charge in [-0.2, -0.15) is 0 Å². The molecule has 2 heterocycles. The van der Waals surface area contributed by atoms with Crippen molar-refractivity contribution in [3.63, 3.8) is 0 Å². The molecule has 0 aliphatic heterocycles. The zero-order valence-electron chi connectivity index (χ0n) is 18.9. The number of rotatable bonds is 5. The molecule has 1 saturated carbocycles. The molecule has 0 spiro atoms. The van der Waals surface area contributed by atoms with Crippen molar-refractivity contribution in [2.24, 2.45) is 0 Å². The number of hydrogen-bond donors (Lipinski definition) is 2. The third-order valence-corrected chi connectivity index (χ3v) is 6.45. The Balaban J connectivity index is 1.80. The summed E-state index contributed by atoms with van der Waals surface area (Å²) in [6, 6.07) is 8.17. The van der Waals surface area contributed by atoms with Gasteiger partial charge >= 0.3 is 5.97 Å². The third kappa shape index (κ3) is 4.47. The fraction of sp³-hybridized carbons (Fsp3) is 0.400. The Labute approximate surface area is 190 Å². The van der Waals surface area contributed by atoms with Crippen LogP contribution in [0.2, 0.25) is 0 Å². The minimum Gasteiger partial charge on any atom is -0.478 e. The molecule has 2 N–H and O–H groups in total. The smallest absolute Gasteiger partial charge is 0.337 e. The Bertz CT molecular complexity index is 1280. The Morgan fingerprint density at radius 3 is 2.58 bits per heavy atom. The van der Waals surface area contributed by atoms with E-state index in [1.807, 2.05) is 19.9 Å². The maximum atomic E-state index is 13.7. The number of aromatic nitrogens is 2. The minimum atomic E-state index is -2.66. The lowest BCUT2D eigenvalue weighted by atomic mass is 9.83. The molecule has 1 aliphatic carbocycles. The molecule has 3 aromatic rings. The molecule has 0 radical (unpaired) electrons. The molecular weight excluding hydrogens is 428 g/mol. The lowest BCUT2D eigenvalue weighted by Gasteiger charge is -2.29. The van der Waals surface area contributed by atoms with Gasteiger partial charge in [0.2, 0.25) is 5.92 Å². The molecule has 0 amide bonds. The summed E-state index contributed by atoms with van der Waals surface area (Å²) in [6.07, 6.45) is 1.89. The second kappa shape index (κ2) is 8.57. The van der Waals surface area contributed by atoms with E-state index in [1.54, 1.807) is 31.3 Å². The fourth-order valence-electron chi connectivity index (χ4n) is 4.65. The predicted molar refractivity (Wildman–Crippen MR) is 123 cm³/mol. The Hall–Kier alpha value is -3.29. The van der Waals surface area contributed by atoms with Crippen LogP contribution in [0.3, 0.4) is 0 Å². The topological polar surface area (TPSA) is 83.7 Å². The van der Waals surface area contributed by atoms with Crippen LogP contribution < -0.4 is 10.9 Å². The predicted octanol–water partition coefficient (Wildman–Crippen LogP) is 5.48. The molecule has 1 aromatic carbocycles. The van der Waals surface area contributed by atoms with E-state index in [9.17, 15) is 23.5 Å². The van der Waals surface area contributed by atoms with Crippen LogP contribution in [0.15, 0.2) is 41.3 Å². The molecule has 8 heteroatoms. The molecule has 4 rings (SSSR count). The molecule has 33 heavy (non-hydrogen) atoms. The van der Waals surface area contributed by atoms with Gasteiger partial charge in [-0.05, 0) is 57.4 Å². The highest BCUT2D eigenvalue weighted by molar-refractivity contribution is 5.94. The van der Waals surface area contributed by atoms with Crippen molar-refractivity contribution in [3.05, 3.63) is 74.8 Å². The van der Waals surface area contributed by atoms with Crippen molar-refractivity contribution in [2.45, 2.75) is 64.3 Å². The summed E-state index contributed by atoms with van der Waals surface area (Å²) >= 11 is 0. The first-order valence-electron chi connectivity index (χ1n) is 11.1. The number of fused-ring (bicyclic) bond motifs is 1. The number of nitrogens with zero attached hydrogens (tertiary/aromatic N) is 2. The number of halogens is 2. The minimum absolute atomic E-state index is 0.145. The highest BCUT2D eigenvalue weighted by Gasteiger charge is 2.36. The average molecular weight is 456 g/mol. The van der Waals surface area contributed by atoms with Crippen LogP contribution in [-0.2, 0) is 0 Å². The highest BCUT2D eigenvalue weighted by Crippen LogP contribution is 2.41.